The van der Waals surface area contributed by atoms with Crippen molar-refractivity contribution in [2.24, 2.45) is 0 Å². The van der Waals surface area contributed by atoms with Crippen LogP contribution in [0, 0.1) is 0 Å². The van der Waals surface area contributed by atoms with Crippen molar-refractivity contribution in [2.45, 2.75) is 32.8 Å². The summed E-state index contributed by atoms with van der Waals surface area (Å²) < 4.78 is 16.5. The average Bonchev–Trinajstić information content (AvgIpc) is 2.94. The van der Waals surface area contributed by atoms with Gasteiger partial charge in [0.05, 0.1) is 12.7 Å². The Hall–Kier alpha value is -1.81. The third-order valence-electron chi connectivity index (χ3n) is 3.12. The Kier molecular flexibility index (Phi) is 5.18. The van der Waals surface area contributed by atoms with Gasteiger partial charge in [-0.05, 0) is 32.4 Å². The van der Waals surface area contributed by atoms with Crippen LogP contribution < -0.4 is 4.74 Å². The Labute approximate surface area is 119 Å². The highest BCUT2D eigenvalue weighted by molar-refractivity contribution is 5.91. The van der Waals surface area contributed by atoms with Crippen LogP contribution in [0.5, 0.6) is 5.75 Å². The fraction of sp³-hybridized carbons (Fsp3) is 0.438. The molecule has 4 heteroatoms. The lowest BCUT2D eigenvalue weighted by Gasteiger charge is -2.17. The summed E-state index contributed by atoms with van der Waals surface area (Å²) in [6.45, 7) is 4.93. The zero-order valence-corrected chi connectivity index (χ0v) is 11.9. The van der Waals surface area contributed by atoms with Crippen LogP contribution in [-0.2, 0) is 14.3 Å². The SMILES string of the molecule is CCOC(C)/C(C(=O)Oc1ccccc1)=C1/CCCO1. The molecule has 0 aliphatic carbocycles. The molecule has 1 aliphatic heterocycles. The Bertz CT molecular complexity index is 471. The molecular formula is C16H20O4. The minimum absolute atomic E-state index is 0.329. The van der Waals surface area contributed by atoms with Crippen LogP contribution in [0.25, 0.3) is 0 Å². The smallest absolute Gasteiger partial charge is 0.345 e. The van der Waals surface area contributed by atoms with Crippen LogP contribution in [0.4, 0.5) is 0 Å². The fourth-order valence-corrected chi connectivity index (χ4v) is 2.20. The van der Waals surface area contributed by atoms with E-state index in [4.69, 9.17) is 14.2 Å². The highest BCUT2D eigenvalue weighted by Gasteiger charge is 2.27. The van der Waals surface area contributed by atoms with Gasteiger partial charge in [0, 0.05) is 13.0 Å². The van der Waals surface area contributed by atoms with E-state index in [-0.39, 0.29) is 6.10 Å². The molecule has 20 heavy (non-hydrogen) atoms. The van der Waals surface area contributed by atoms with E-state index in [1.807, 2.05) is 32.0 Å². The summed E-state index contributed by atoms with van der Waals surface area (Å²) in [4.78, 5) is 12.4. The average molecular weight is 276 g/mol. The molecule has 1 saturated heterocycles. The maximum Gasteiger partial charge on any atom is 0.345 e. The lowest BCUT2D eigenvalue weighted by atomic mass is 10.1. The van der Waals surface area contributed by atoms with Crippen LogP contribution in [0.1, 0.15) is 26.7 Å². The molecule has 0 saturated carbocycles. The summed E-state index contributed by atoms with van der Waals surface area (Å²) in [5.74, 6) is 0.832. The van der Waals surface area contributed by atoms with Crippen LogP contribution in [0.2, 0.25) is 0 Å². The van der Waals surface area contributed by atoms with Gasteiger partial charge < -0.3 is 14.2 Å². The number of benzene rings is 1. The molecule has 1 aromatic carbocycles. The van der Waals surface area contributed by atoms with Gasteiger partial charge in [0.25, 0.3) is 0 Å². The predicted molar refractivity (Wildman–Crippen MR) is 75.4 cm³/mol. The molecule has 0 N–H and O–H groups in total. The second kappa shape index (κ2) is 7.10. The van der Waals surface area contributed by atoms with Gasteiger partial charge in [-0.1, -0.05) is 18.2 Å². The van der Waals surface area contributed by atoms with Gasteiger partial charge in [-0.15, -0.1) is 0 Å². The van der Waals surface area contributed by atoms with Crippen LogP contribution in [0.15, 0.2) is 41.7 Å². The number of carbonyl (C=O) groups excluding carboxylic acids is 1. The quantitative estimate of drug-likeness (QED) is 0.471. The first-order valence-corrected chi connectivity index (χ1v) is 6.97. The van der Waals surface area contributed by atoms with Crippen LogP contribution >= 0.6 is 0 Å². The van der Waals surface area contributed by atoms with Gasteiger partial charge in [0.2, 0.25) is 0 Å². The number of hydrogen-bond acceptors (Lipinski definition) is 4. The third-order valence-corrected chi connectivity index (χ3v) is 3.12. The van der Waals surface area contributed by atoms with E-state index in [1.54, 1.807) is 12.1 Å². The molecule has 1 atom stereocenters. The number of esters is 1. The van der Waals surface area contributed by atoms with Crippen molar-refractivity contribution >= 4 is 5.97 Å². The van der Waals surface area contributed by atoms with E-state index in [9.17, 15) is 4.79 Å². The molecule has 1 unspecified atom stereocenters. The van der Waals surface area contributed by atoms with E-state index in [2.05, 4.69) is 0 Å². The predicted octanol–water partition coefficient (Wildman–Crippen LogP) is 3.08. The molecule has 1 aliphatic rings. The van der Waals surface area contributed by atoms with Crippen molar-refractivity contribution in [3.63, 3.8) is 0 Å². The maximum atomic E-state index is 12.4. The topological polar surface area (TPSA) is 44.8 Å². The highest BCUT2D eigenvalue weighted by atomic mass is 16.5. The highest BCUT2D eigenvalue weighted by Crippen LogP contribution is 2.25. The Balaban J connectivity index is 2.18. The number of rotatable bonds is 5. The van der Waals surface area contributed by atoms with Gasteiger partial charge in [-0.2, -0.15) is 0 Å². The Morgan fingerprint density at radius 3 is 2.70 bits per heavy atom. The summed E-state index contributed by atoms with van der Waals surface area (Å²) in [5, 5.41) is 0. The Morgan fingerprint density at radius 1 is 1.35 bits per heavy atom. The van der Waals surface area contributed by atoms with Gasteiger partial charge in [0.1, 0.15) is 17.1 Å². The third kappa shape index (κ3) is 3.61. The molecule has 4 nitrogen and oxygen atoms in total. The number of allylic oxidation sites excluding steroid dienone is 1. The molecule has 0 aromatic heterocycles. The molecule has 0 bridgehead atoms. The van der Waals surface area contributed by atoms with Gasteiger partial charge in [-0.3, -0.25) is 0 Å². The van der Waals surface area contributed by atoms with Gasteiger partial charge in [0.15, 0.2) is 0 Å². The monoisotopic (exact) mass is 276 g/mol. The number of ether oxygens (including phenoxy) is 3. The van der Waals surface area contributed by atoms with Crippen LogP contribution in [0.3, 0.4) is 0 Å². The molecule has 1 aromatic rings. The first kappa shape index (κ1) is 14.6. The van der Waals surface area contributed by atoms with E-state index < -0.39 is 5.97 Å². The summed E-state index contributed by atoms with van der Waals surface area (Å²) >= 11 is 0. The van der Waals surface area contributed by atoms with E-state index in [0.717, 1.165) is 12.8 Å². The number of carbonyl (C=O) groups is 1. The fourth-order valence-electron chi connectivity index (χ4n) is 2.20. The molecule has 0 amide bonds. The standard InChI is InChI=1S/C16H20O4/c1-3-18-12(2)15(14-10-7-11-19-14)16(17)20-13-8-5-4-6-9-13/h4-6,8-9,12H,3,7,10-11H2,1-2H3/b15-14+. The second-order valence-electron chi connectivity index (χ2n) is 4.59. The zero-order chi connectivity index (χ0) is 14.4. The molecule has 0 spiro atoms. The molecule has 2 rings (SSSR count). The number of para-hydroxylation sites is 1. The van der Waals surface area contributed by atoms with E-state index >= 15 is 0 Å². The molecule has 108 valence electrons. The van der Waals surface area contributed by atoms with Crippen molar-refractivity contribution in [1.82, 2.24) is 0 Å². The van der Waals surface area contributed by atoms with Gasteiger partial charge in [-0.25, -0.2) is 4.79 Å². The summed E-state index contributed by atoms with van der Waals surface area (Å²) in [6.07, 6.45) is 1.36. The lowest BCUT2D eigenvalue weighted by molar-refractivity contribution is -0.131. The zero-order valence-electron chi connectivity index (χ0n) is 11.9. The molecule has 1 fully saturated rings. The summed E-state index contributed by atoms with van der Waals surface area (Å²) in [5.41, 5.74) is 0.494. The van der Waals surface area contributed by atoms with Crippen molar-refractivity contribution in [3.8, 4) is 5.75 Å². The van der Waals surface area contributed by atoms with Crippen molar-refractivity contribution in [3.05, 3.63) is 41.7 Å². The maximum absolute atomic E-state index is 12.4. The van der Waals surface area contributed by atoms with Crippen molar-refractivity contribution in [2.75, 3.05) is 13.2 Å². The minimum Gasteiger partial charge on any atom is -0.497 e. The van der Waals surface area contributed by atoms with Gasteiger partial charge >= 0.3 is 5.97 Å². The number of hydrogen-bond donors (Lipinski definition) is 0. The Morgan fingerprint density at radius 2 is 2.10 bits per heavy atom. The molecule has 1 heterocycles. The molecular weight excluding hydrogens is 256 g/mol. The minimum atomic E-state index is -0.394. The first-order chi connectivity index (χ1) is 9.72. The lowest BCUT2D eigenvalue weighted by Crippen LogP contribution is -2.24. The molecule has 0 radical (unpaired) electrons. The van der Waals surface area contributed by atoms with Crippen molar-refractivity contribution < 1.29 is 19.0 Å². The first-order valence-electron chi connectivity index (χ1n) is 6.97. The van der Waals surface area contributed by atoms with Crippen LogP contribution in [-0.4, -0.2) is 25.3 Å². The van der Waals surface area contributed by atoms with E-state index in [0.29, 0.717) is 30.3 Å². The largest absolute Gasteiger partial charge is 0.497 e. The van der Waals surface area contributed by atoms with E-state index in [1.165, 1.54) is 0 Å². The van der Waals surface area contributed by atoms with Crippen molar-refractivity contribution in [1.29, 1.82) is 0 Å². The normalized spacial score (nSPS) is 18.3. The second-order valence-corrected chi connectivity index (χ2v) is 4.59. The summed E-state index contributed by atoms with van der Waals surface area (Å²) in [6, 6.07) is 9.03. The summed E-state index contributed by atoms with van der Waals surface area (Å²) in [7, 11) is 0.